The number of anilines is 2. The molecule has 13 heavy (non-hydrogen) atoms. The van der Waals surface area contributed by atoms with Gasteiger partial charge in [0.25, 0.3) is 0 Å². The van der Waals surface area contributed by atoms with Crippen molar-refractivity contribution in [1.82, 2.24) is 0 Å². The van der Waals surface area contributed by atoms with Gasteiger partial charge in [0.15, 0.2) is 0 Å². The van der Waals surface area contributed by atoms with Crippen LogP contribution in [0.2, 0.25) is 0 Å². The Hall–Kier alpha value is -1.91. The molecule has 1 aromatic rings. The highest BCUT2D eigenvalue weighted by Crippen LogP contribution is 2.16. The Kier molecular flexibility index (Phi) is 4.15. The van der Waals surface area contributed by atoms with Gasteiger partial charge >= 0.3 is 6.09 Å². The molecular formula is C8H13N3O2. The van der Waals surface area contributed by atoms with E-state index < -0.39 is 6.09 Å². The van der Waals surface area contributed by atoms with Crippen LogP contribution in [-0.2, 0) is 0 Å². The van der Waals surface area contributed by atoms with E-state index in [1.165, 1.54) is 0 Å². The van der Waals surface area contributed by atoms with Crippen molar-refractivity contribution in [2.75, 3.05) is 11.5 Å². The molecule has 0 bridgehead atoms. The van der Waals surface area contributed by atoms with Crippen molar-refractivity contribution in [3.8, 4) is 0 Å². The number of hydrogen-bond donors (Lipinski definition) is 4. The molecule has 1 aromatic carbocycles. The molecule has 0 unspecified atom stereocenters. The Morgan fingerprint density at radius 3 is 1.85 bits per heavy atom. The van der Waals surface area contributed by atoms with Crippen LogP contribution in [0.25, 0.3) is 0 Å². The van der Waals surface area contributed by atoms with Gasteiger partial charge in [0.05, 0.1) is 0 Å². The van der Waals surface area contributed by atoms with Crippen LogP contribution in [0.5, 0.6) is 0 Å². The molecule has 0 atom stereocenters. The maximum Gasteiger partial charge on any atom is 0.402 e. The number of hydrogen-bond acceptors (Lipinski definition) is 3. The first-order valence-corrected chi connectivity index (χ1v) is 3.54. The van der Waals surface area contributed by atoms with E-state index in [2.05, 4.69) is 5.73 Å². The summed E-state index contributed by atoms with van der Waals surface area (Å²) >= 11 is 0. The van der Waals surface area contributed by atoms with Gasteiger partial charge in [0.2, 0.25) is 0 Å². The number of primary amides is 1. The maximum atomic E-state index is 8.78. The van der Waals surface area contributed by atoms with Crippen molar-refractivity contribution in [3.63, 3.8) is 0 Å². The SMILES string of the molecule is Cc1c(N)cccc1N.NC(=O)O. The molecule has 0 radical (unpaired) electrons. The van der Waals surface area contributed by atoms with Gasteiger partial charge in [-0.2, -0.15) is 0 Å². The predicted octanol–water partition coefficient (Wildman–Crippen LogP) is 0.783. The van der Waals surface area contributed by atoms with E-state index in [0.29, 0.717) is 0 Å². The number of nitrogens with two attached hydrogens (primary N) is 3. The summed E-state index contributed by atoms with van der Waals surface area (Å²) in [5, 5.41) is 7.19. The molecule has 1 amide bonds. The largest absolute Gasteiger partial charge is 0.465 e. The Bertz CT molecular complexity index is 275. The van der Waals surface area contributed by atoms with Crippen LogP contribution >= 0.6 is 0 Å². The van der Waals surface area contributed by atoms with Gasteiger partial charge in [0, 0.05) is 11.4 Å². The first-order chi connectivity index (χ1) is 5.95. The number of benzene rings is 1. The second-order valence-corrected chi connectivity index (χ2v) is 2.40. The molecule has 0 saturated heterocycles. The third kappa shape index (κ3) is 4.52. The second-order valence-electron chi connectivity index (χ2n) is 2.40. The third-order valence-electron chi connectivity index (χ3n) is 1.42. The number of nitrogen functional groups attached to an aromatic ring is 2. The van der Waals surface area contributed by atoms with E-state index >= 15 is 0 Å². The molecule has 0 aromatic heterocycles. The first-order valence-electron chi connectivity index (χ1n) is 3.54. The minimum absolute atomic E-state index is 0.759. The van der Waals surface area contributed by atoms with Crippen LogP contribution in [0.1, 0.15) is 5.56 Å². The molecule has 72 valence electrons. The zero-order valence-corrected chi connectivity index (χ0v) is 7.32. The zero-order valence-electron chi connectivity index (χ0n) is 7.32. The number of carboxylic acid groups (broad SMARTS) is 1. The smallest absolute Gasteiger partial charge is 0.402 e. The highest BCUT2D eigenvalue weighted by Gasteiger charge is 1.93. The molecule has 5 nitrogen and oxygen atoms in total. The van der Waals surface area contributed by atoms with Crippen molar-refractivity contribution in [2.45, 2.75) is 6.92 Å². The average Bonchev–Trinajstić information content (AvgIpc) is 1.99. The van der Waals surface area contributed by atoms with Gasteiger partial charge in [-0.1, -0.05) is 6.07 Å². The molecule has 5 heteroatoms. The quantitative estimate of drug-likeness (QED) is 0.445. The Morgan fingerprint density at radius 2 is 1.62 bits per heavy atom. The number of carbonyl (C=O) groups is 1. The van der Waals surface area contributed by atoms with Gasteiger partial charge in [0.1, 0.15) is 0 Å². The molecule has 0 aliphatic carbocycles. The van der Waals surface area contributed by atoms with Crippen molar-refractivity contribution >= 4 is 17.5 Å². The fraction of sp³-hybridized carbons (Fsp3) is 0.125. The molecule has 0 fully saturated rings. The van der Waals surface area contributed by atoms with E-state index in [1.54, 1.807) is 0 Å². The van der Waals surface area contributed by atoms with Crippen LogP contribution < -0.4 is 17.2 Å². The maximum absolute atomic E-state index is 8.78. The van der Waals surface area contributed by atoms with Crippen LogP contribution in [0.4, 0.5) is 16.2 Å². The fourth-order valence-electron chi connectivity index (χ4n) is 0.672. The molecule has 7 N–H and O–H groups in total. The zero-order chi connectivity index (χ0) is 10.4. The van der Waals surface area contributed by atoms with Crippen LogP contribution in [0, 0.1) is 6.92 Å². The highest BCUT2D eigenvalue weighted by molar-refractivity contribution is 5.61. The van der Waals surface area contributed by atoms with Gasteiger partial charge in [-0.15, -0.1) is 0 Å². The standard InChI is InChI=1S/C7H10N2.CH3NO2/c1-5-6(8)3-2-4-7(5)9;2-1(3)4/h2-4H,8-9H2,1H3;2H2,(H,3,4). The average molecular weight is 183 g/mol. The van der Waals surface area contributed by atoms with Gasteiger partial charge in [-0.25, -0.2) is 4.79 Å². The van der Waals surface area contributed by atoms with Crippen molar-refractivity contribution < 1.29 is 9.90 Å². The summed E-state index contributed by atoms with van der Waals surface area (Å²) < 4.78 is 0. The van der Waals surface area contributed by atoms with E-state index in [1.807, 2.05) is 25.1 Å². The summed E-state index contributed by atoms with van der Waals surface area (Å²) in [5.74, 6) is 0. The lowest BCUT2D eigenvalue weighted by Crippen LogP contribution is -2.03. The summed E-state index contributed by atoms with van der Waals surface area (Å²) in [6.07, 6.45) is -1.33. The van der Waals surface area contributed by atoms with Crippen molar-refractivity contribution in [1.29, 1.82) is 0 Å². The minimum Gasteiger partial charge on any atom is -0.465 e. The van der Waals surface area contributed by atoms with E-state index in [-0.39, 0.29) is 0 Å². The number of rotatable bonds is 0. The summed E-state index contributed by atoms with van der Waals surface area (Å²) in [7, 11) is 0. The number of amides is 1. The molecule has 0 aliphatic heterocycles. The summed E-state index contributed by atoms with van der Waals surface area (Å²) in [4.78, 5) is 8.78. The van der Waals surface area contributed by atoms with Gasteiger partial charge in [-0.05, 0) is 24.6 Å². The molecule has 0 saturated carbocycles. The van der Waals surface area contributed by atoms with Crippen molar-refractivity contribution in [3.05, 3.63) is 23.8 Å². The van der Waals surface area contributed by atoms with Crippen LogP contribution in [0.15, 0.2) is 18.2 Å². The van der Waals surface area contributed by atoms with Crippen LogP contribution in [0.3, 0.4) is 0 Å². The fourth-order valence-corrected chi connectivity index (χ4v) is 0.672. The van der Waals surface area contributed by atoms with E-state index in [0.717, 1.165) is 16.9 Å². The van der Waals surface area contributed by atoms with Crippen molar-refractivity contribution in [2.24, 2.45) is 5.73 Å². The Labute approximate surface area is 76.1 Å². The summed E-state index contributed by atoms with van der Waals surface area (Å²) in [6.45, 7) is 1.91. The molecule has 0 aliphatic rings. The van der Waals surface area contributed by atoms with Gasteiger partial charge < -0.3 is 22.3 Å². The lowest BCUT2D eigenvalue weighted by atomic mass is 10.2. The third-order valence-corrected chi connectivity index (χ3v) is 1.42. The van der Waals surface area contributed by atoms with E-state index in [9.17, 15) is 0 Å². The lowest BCUT2D eigenvalue weighted by molar-refractivity contribution is 0.205. The molecular weight excluding hydrogens is 170 g/mol. The highest BCUT2D eigenvalue weighted by atomic mass is 16.4. The first kappa shape index (κ1) is 11.1. The molecule has 1 rings (SSSR count). The Morgan fingerprint density at radius 1 is 1.31 bits per heavy atom. The minimum atomic E-state index is -1.33. The predicted molar refractivity (Wildman–Crippen MR) is 52.2 cm³/mol. The van der Waals surface area contributed by atoms with Crippen LogP contribution in [-0.4, -0.2) is 11.2 Å². The van der Waals surface area contributed by atoms with E-state index in [4.69, 9.17) is 21.4 Å². The summed E-state index contributed by atoms with van der Waals surface area (Å²) in [6, 6.07) is 5.52. The normalized spacial score (nSPS) is 8.38. The molecule has 0 heterocycles. The monoisotopic (exact) mass is 183 g/mol. The lowest BCUT2D eigenvalue weighted by Gasteiger charge is -2.00. The Balaban J connectivity index is 0.000000310. The molecule has 0 spiro atoms. The topological polar surface area (TPSA) is 115 Å². The summed E-state index contributed by atoms with van der Waals surface area (Å²) in [5.41, 5.74) is 17.6. The van der Waals surface area contributed by atoms with Gasteiger partial charge in [-0.3, -0.25) is 0 Å². The second kappa shape index (κ2) is 4.87.